The van der Waals surface area contributed by atoms with E-state index in [9.17, 15) is 27.9 Å². The Morgan fingerprint density at radius 1 is 0.917 bits per heavy atom. The van der Waals surface area contributed by atoms with Crippen LogP contribution < -0.4 is 0 Å². The van der Waals surface area contributed by atoms with Gasteiger partial charge in [0.25, 0.3) is 0 Å². The maximum absolute atomic E-state index is 13.6. The summed E-state index contributed by atoms with van der Waals surface area (Å²) in [7, 11) is -3.89. The second-order valence-corrected chi connectivity index (χ2v) is 11.0. The standard InChI is InChI=1S/C27H38N2O6S/c1-4-7-10-17-29(19-25(30)28(5-2)6-3)27(33)23(14-16-26(31)32)20-36(34,35)24-15-13-21-11-8-9-12-22(21)18-24/h8-9,11-13,15,18,23H,4-7,10,14,16-17,19-20H2,1-3H3,(H,31,32). The van der Waals surface area contributed by atoms with Crippen LogP contribution in [0.25, 0.3) is 10.8 Å². The van der Waals surface area contributed by atoms with Gasteiger partial charge in [-0.15, -0.1) is 0 Å². The molecule has 0 bridgehead atoms. The van der Waals surface area contributed by atoms with E-state index in [2.05, 4.69) is 0 Å². The Hall–Kier alpha value is -2.94. The van der Waals surface area contributed by atoms with Gasteiger partial charge in [-0.2, -0.15) is 0 Å². The van der Waals surface area contributed by atoms with E-state index in [1.54, 1.807) is 17.0 Å². The van der Waals surface area contributed by atoms with Crippen LogP contribution in [0.3, 0.4) is 0 Å². The molecule has 198 valence electrons. The van der Waals surface area contributed by atoms with Gasteiger partial charge in [0.2, 0.25) is 11.8 Å². The average molecular weight is 519 g/mol. The monoisotopic (exact) mass is 518 g/mol. The predicted molar refractivity (Wildman–Crippen MR) is 140 cm³/mol. The SMILES string of the molecule is CCCCCN(CC(=O)N(CC)CC)C(=O)C(CCC(=O)O)CS(=O)(=O)c1ccc2ccccc2c1. The first-order valence-electron chi connectivity index (χ1n) is 12.6. The highest BCUT2D eigenvalue weighted by Crippen LogP contribution is 2.24. The molecule has 0 aromatic heterocycles. The van der Waals surface area contributed by atoms with Crippen molar-refractivity contribution in [2.24, 2.45) is 5.92 Å². The molecule has 36 heavy (non-hydrogen) atoms. The number of unbranched alkanes of at least 4 members (excludes halogenated alkanes) is 2. The fourth-order valence-electron chi connectivity index (χ4n) is 4.22. The van der Waals surface area contributed by atoms with Gasteiger partial charge >= 0.3 is 5.97 Å². The highest BCUT2D eigenvalue weighted by atomic mass is 32.2. The van der Waals surface area contributed by atoms with Gasteiger partial charge in [0.05, 0.1) is 23.1 Å². The predicted octanol–water partition coefficient (Wildman–Crippen LogP) is 3.98. The molecule has 0 aliphatic carbocycles. The first kappa shape index (κ1) is 29.3. The lowest BCUT2D eigenvalue weighted by Gasteiger charge is -2.29. The van der Waals surface area contributed by atoms with Crippen LogP contribution >= 0.6 is 0 Å². The van der Waals surface area contributed by atoms with Crippen molar-refractivity contribution in [2.45, 2.75) is 57.8 Å². The molecule has 0 saturated heterocycles. The lowest BCUT2D eigenvalue weighted by molar-refractivity contribution is -0.143. The fraction of sp³-hybridized carbons (Fsp3) is 0.519. The number of carboxylic acids is 1. The van der Waals surface area contributed by atoms with E-state index in [-0.39, 0.29) is 30.2 Å². The first-order chi connectivity index (χ1) is 17.1. The van der Waals surface area contributed by atoms with Crippen molar-refractivity contribution >= 4 is 38.4 Å². The highest BCUT2D eigenvalue weighted by molar-refractivity contribution is 7.91. The third-order valence-electron chi connectivity index (χ3n) is 6.34. The van der Waals surface area contributed by atoms with Crippen molar-refractivity contribution in [1.82, 2.24) is 9.80 Å². The molecule has 9 heteroatoms. The summed E-state index contributed by atoms with van der Waals surface area (Å²) in [6.07, 6.45) is 2.00. The van der Waals surface area contributed by atoms with Gasteiger partial charge in [0.1, 0.15) is 0 Å². The Morgan fingerprint density at radius 3 is 2.19 bits per heavy atom. The number of carbonyl (C=O) groups is 3. The summed E-state index contributed by atoms with van der Waals surface area (Å²) in [6, 6.07) is 12.2. The molecule has 1 atom stereocenters. The third kappa shape index (κ3) is 8.33. The van der Waals surface area contributed by atoms with Crippen LogP contribution in [0.4, 0.5) is 0 Å². The lowest BCUT2D eigenvalue weighted by Crippen LogP contribution is -2.46. The molecule has 2 amide bonds. The van der Waals surface area contributed by atoms with Crippen LogP contribution in [-0.2, 0) is 24.2 Å². The van der Waals surface area contributed by atoms with Crippen molar-refractivity contribution in [2.75, 3.05) is 31.9 Å². The minimum absolute atomic E-state index is 0.0890. The van der Waals surface area contributed by atoms with Crippen LogP contribution in [0.5, 0.6) is 0 Å². The summed E-state index contributed by atoms with van der Waals surface area (Å²) < 4.78 is 26.7. The molecule has 0 radical (unpaired) electrons. The minimum Gasteiger partial charge on any atom is -0.481 e. The smallest absolute Gasteiger partial charge is 0.303 e. The number of hydrogen-bond donors (Lipinski definition) is 1. The van der Waals surface area contributed by atoms with Crippen LogP contribution in [0.15, 0.2) is 47.4 Å². The molecule has 0 saturated carbocycles. The molecule has 8 nitrogen and oxygen atoms in total. The summed E-state index contributed by atoms with van der Waals surface area (Å²) >= 11 is 0. The molecular weight excluding hydrogens is 480 g/mol. The second kappa shape index (κ2) is 14.0. The number of rotatable bonds is 15. The summed E-state index contributed by atoms with van der Waals surface area (Å²) in [5.74, 6) is -3.38. The lowest BCUT2D eigenvalue weighted by atomic mass is 10.0. The molecule has 0 spiro atoms. The number of aliphatic carboxylic acids is 1. The van der Waals surface area contributed by atoms with Gasteiger partial charge in [0.15, 0.2) is 9.84 Å². The molecule has 0 fully saturated rings. The number of hydrogen-bond acceptors (Lipinski definition) is 5. The maximum atomic E-state index is 13.6. The van der Waals surface area contributed by atoms with Crippen molar-refractivity contribution < 1.29 is 27.9 Å². The molecule has 2 aromatic rings. The molecule has 2 rings (SSSR count). The number of carbonyl (C=O) groups excluding carboxylic acids is 2. The Kier molecular flexibility index (Phi) is 11.4. The van der Waals surface area contributed by atoms with E-state index < -0.39 is 33.4 Å². The molecule has 1 unspecified atom stereocenters. The molecular formula is C27H38N2O6S. The van der Waals surface area contributed by atoms with Crippen LogP contribution in [-0.4, -0.2) is 73.0 Å². The summed E-state index contributed by atoms with van der Waals surface area (Å²) in [5.41, 5.74) is 0. The third-order valence-corrected chi connectivity index (χ3v) is 8.16. The van der Waals surface area contributed by atoms with E-state index in [1.807, 2.05) is 45.0 Å². The summed E-state index contributed by atoms with van der Waals surface area (Å²) in [4.78, 5) is 40.8. The second-order valence-electron chi connectivity index (χ2n) is 8.95. The number of nitrogens with zero attached hydrogens (tertiary/aromatic N) is 2. The maximum Gasteiger partial charge on any atom is 0.303 e. The van der Waals surface area contributed by atoms with E-state index >= 15 is 0 Å². The van der Waals surface area contributed by atoms with Gasteiger partial charge in [0, 0.05) is 26.1 Å². The zero-order valence-corrected chi connectivity index (χ0v) is 22.3. The number of carboxylic acid groups (broad SMARTS) is 1. The van der Waals surface area contributed by atoms with Crippen LogP contribution in [0.2, 0.25) is 0 Å². The Bertz CT molecular complexity index is 1140. The van der Waals surface area contributed by atoms with Crippen molar-refractivity contribution in [3.8, 4) is 0 Å². The number of likely N-dealkylation sites (N-methyl/N-ethyl adjacent to an activating group) is 1. The molecule has 1 N–H and O–H groups in total. The van der Waals surface area contributed by atoms with Gasteiger partial charge in [-0.3, -0.25) is 14.4 Å². The van der Waals surface area contributed by atoms with E-state index in [1.165, 1.54) is 11.0 Å². The topological polar surface area (TPSA) is 112 Å². The first-order valence-corrected chi connectivity index (χ1v) is 14.3. The van der Waals surface area contributed by atoms with E-state index in [0.717, 1.165) is 23.6 Å². The quantitative estimate of drug-likeness (QED) is 0.357. The number of fused-ring (bicyclic) bond motifs is 1. The summed E-state index contributed by atoms with van der Waals surface area (Å²) in [6.45, 7) is 6.92. The normalized spacial score (nSPS) is 12.3. The van der Waals surface area contributed by atoms with Crippen molar-refractivity contribution in [1.29, 1.82) is 0 Å². The molecule has 0 aliphatic heterocycles. The molecule has 0 aliphatic rings. The van der Waals surface area contributed by atoms with Gasteiger partial charge in [-0.1, -0.05) is 50.1 Å². The number of sulfone groups is 1. The number of amides is 2. The zero-order chi connectivity index (χ0) is 26.7. The van der Waals surface area contributed by atoms with Gasteiger partial charge in [-0.05, 0) is 49.6 Å². The fourth-order valence-corrected chi connectivity index (χ4v) is 5.83. The minimum atomic E-state index is -3.89. The van der Waals surface area contributed by atoms with Crippen LogP contribution in [0.1, 0.15) is 52.9 Å². The highest BCUT2D eigenvalue weighted by Gasteiger charge is 2.32. The van der Waals surface area contributed by atoms with Crippen LogP contribution in [0, 0.1) is 5.92 Å². The van der Waals surface area contributed by atoms with E-state index in [4.69, 9.17) is 0 Å². The zero-order valence-electron chi connectivity index (χ0n) is 21.5. The van der Waals surface area contributed by atoms with Gasteiger partial charge in [-0.25, -0.2) is 8.42 Å². The average Bonchev–Trinajstić information content (AvgIpc) is 2.86. The Balaban J connectivity index is 2.34. The Labute approximate surface area is 214 Å². The van der Waals surface area contributed by atoms with Crippen molar-refractivity contribution in [3.05, 3.63) is 42.5 Å². The molecule has 2 aromatic carbocycles. The van der Waals surface area contributed by atoms with E-state index in [0.29, 0.717) is 26.1 Å². The number of benzene rings is 2. The van der Waals surface area contributed by atoms with Gasteiger partial charge < -0.3 is 14.9 Å². The Morgan fingerprint density at radius 2 is 1.58 bits per heavy atom. The summed E-state index contributed by atoms with van der Waals surface area (Å²) in [5, 5.41) is 10.9. The molecule has 0 heterocycles. The van der Waals surface area contributed by atoms with Crippen molar-refractivity contribution in [3.63, 3.8) is 0 Å². The largest absolute Gasteiger partial charge is 0.481 e.